The van der Waals surface area contributed by atoms with Gasteiger partial charge in [-0.15, -0.1) is 0 Å². The number of ether oxygens (including phenoxy) is 1. The Kier molecular flexibility index (Phi) is 5.38. The average Bonchev–Trinajstić information content (AvgIpc) is 2.54. The Morgan fingerprint density at radius 2 is 1.67 bits per heavy atom. The summed E-state index contributed by atoms with van der Waals surface area (Å²) in [6.45, 7) is 0.655. The number of hydrogen-bond donors (Lipinski definition) is 0. The lowest BCUT2D eigenvalue weighted by Gasteiger charge is -2.17. The van der Waals surface area contributed by atoms with E-state index in [0.717, 1.165) is 23.3 Å². The molecule has 1 amide bonds. The normalized spacial score (nSPS) is 10.2. The van der Waals surface area contributed by atoms with Crippen molar-refractivity contribution in [3.63, 3.8) is 0 Å². The fourth-order valence-corrected chi connectivity index (χ4v) is 2.18. The molecule has 0 aromatic heterocycles. The second kappa shape index (κ2) is 7.48. The zero-order valence-electron chi connectivity index (χ0n) is 12.6. The predicted molar refractivity (Wildman–Crippen MR) is 84.2 cm³/mol. The van der Waals surface area contributed by atoms with Crippen LogP contribution in [0, 0.1) is 0 Å². The summed E-state index contributed by atoms with van der Waals surface area (Å²) in [7, 11) is 3.50. The molecule has 0 fully saturated rings. The summed E-state index contributed by atoms with van der Waals surface area (Å²) in [4.78, 5) is 13.9. The Balaban J connectivity index is 1.83. The first-order chi connectivity index (χ1) is 10.2. The summed E-state index contributed by atoms with van der Waals surface area (Å²) in [5, 5.41) is 0. The van der Waals surface area contributed by atoms with Gasteiger partial charge in [-0.2, -0.15) is 0 Å². The van der Waals surface area contributed by atoms with Gasteiger partial charge in [0.2, 0.25) is 5.91 Å². The van der Waals surface area contributed by atoms with Gasteiger partial charge in [0, 0.05) is 20.0 Å². The van der Waals surface area contributed by atoms with E-state index in [2.05, 4.69) is 0 Å². The molecule has 2 aromatic carbocycles. The van der Waals surface area contributed by atoms with Crippen LogP contribution in [0.1, 0.15) is 17.5 Å². The standard InChI is InChI=1S/C18H21NO2/c1-19(14-16-6-4-3-5-7-16)18(20)13-10-15-8-11-17(21-2)12-9-15/h3-9,11-12H,10,13-14H2,1-2H3. The maximum Gasteiger partial charge on any atom is 0.222 e. The number of carbonyl (C=O) groups excluding carboxylic acids is 1. The predicted octanol–water partition coefficient (Wildman–Crippen LogP) is 3.29. The Hall–Kier alpha value is -2.29. The van der Waals surface area contributed by atoms with Crippen molar-refractivity contribution in [3.8, 4) is 5.75 Å². The first kappa shape index (κ1) is 15.1. The van der Waals surface area contributed by atoms with Crippen LogP contribution in [0.4, 0.5) is 0 Å². The first-order valence-electron chi connectivity index (χ1n) is 7.10. The third kappa shape index (κ3) is 4.63. The van der Waals surface area contributed by atoms with Gasteiger partial charge >= 0.3 is 0 Å². The number of rotatable bonds is 6. The lowest BCUT2D eigenvalue weighted by atomic mass is 10.1. The molecule has 0 aliphatic heterocycles. The van der Waals surface area contributed by atoms with Gasteiger partial charge in [0.25, 0.3) is 0 Å². The molecule has 0 saturated carbocycles. The molecule has 0 aliphatic carbocycles. The van der Waals surface area contributed by atoms with Gasteiger partial charge in [-0.25, -0.2) is 0 Å². The Labute approximate surface area is 126 Å². The molecule has 0 saturated heterocycles. The zero-order valence-corrected chi connectivity index (χ0v) is 12.6. The monoisotopic (exact) mass is 283 g/mol. The average molecular weight is 283 g/mol. The molecule has 110 valence electrons. The molecule has 0 radical (unpaired) electrons. The highest BCUT2D eigenvalue weighted by Crippen LogP contribution is 2.13. The number of aryl methyl sites for hydroxylation is 1. The molecule has 2 rings (SSSR count). The van der Waals surface area contributed by atoms with Crippen molar-refractivity contribution in [3.05, 3.63) is 65.7 Å². The van der Waals surface area contributed by atoms with Gasteiger partial charge in [-0.05, 0) is 29.7 Å². The smallest absolute Gasteiger partial charge is 0.222 e. The van der Waals surface area contributed by atoms with Crippen LogP contribution in [0.5, 0.6) is 5.75 Å². The van der Waals surface area contributed by atoms with E-state index in [-0.39, 0.29) is 5.91 Å². The maximum atomic E-state index is 12.1. The van der Waals surface area contributed by atoms with E-state index in [9.17, 15) is 4.79 Å². The van der Waals surface area contributed by atoms with Crippen molar-refractivity contribution in [2.24, 2.45) is 0 Å². The lowest BCUT2D eigenvalue weighted by molar-refractivity contribution is -0.130. The van der Waals surface area contributed by atoms with Gasteiger partial charge < -0.3 is 9.64 Å². The molecule has 0 aliphatic rings. The minimum absolute atomic E-state index is 0.162. The summed E-state index contributed by atoms with van der Waals surface area (Å²) in [6, 6.07) is 17.9. The van der Waals surface area contributed by atoms with E-state index in [1.807, 2.05) is 61.6 Å². The van der Waals surface area contributed by atoms with Gasteiger partial charge in [0.15, 0.2) is 0 Å². The summed E-state index contributed by atoms with van der Waals surface area (Å²) >= 11 is 0. The number of hydrogen-bond acceptors (Lipinski definition) is 2. The van der Waals surface area contributed by atoms with Crippen LogP contribution in [-0.4, -0.2) is 25.0 Å². The second-order valence-electron chi connectivity index (χ2n) is 5.08. The van der Waals surface area contributed by atoms with Crippen molar-refractivity contribution in [2.75, 3.05) is 14.2 Å². The fourth-order valence-electron chi connectivity index (χ4n) is 2.18. The van der Waals surface area contributed by atoms with E-state index >= 15 is 0 Å². The number of carbonyl (C=O) groups is 1. The fraction of sp³-hybridized carbons (Fsp3) is 0.278. The van der Waals surface area contributed by atoms with Crippen molar-refractivity contribution in [2.45, 2.75) is 19.4 Å². The molecule has 0 N–H and O–H groups in total. The van der Waals surface area contributed by atoms with Crippen molar-refractivity contribution in [1.82, 2.24) is 4.90 Å². The molecular formula is C18H21NO2. The highest BCUT2D eigenvalue weighted by atomic mass is 16.5. The number of amides is 1. The second-order valence-corrected chi connectivity index (χ2v) is 5.08. The van der Waals surface area contributed by atoms with E-state index in [0.29, 0.717) is 13.0 Å². The molecule has 0 bridgehead atoms. The topological polar surface area (TPSA) is 29.5 Å². The summed E-state index contributed by atoms with van der Waals surface area (Å²) in [6.07, 6.45) is 1.28. The van der Waals surface area contributed by atoms with Crippen molar-refractivity contribution >= 4 is 5.91 Å². The van der Waals surface area contributed by atoms with Crippen LogP contribution < -0.4 is 4.74 Å². The van der Waals surface area contributed by atoms with Gasteiger partial charge in [-0.1, -0.05) is 42.5 Å². The van der Waals surface area contributed by atoms with Crippen LogP contribution in [0.2, 0.25) is 0 Å². The van der Waals surface area contributed by atoms with Crippen molar-refractivity contribution < 1.29 is 9.53 Å². The van der Waals surface area contributed by atoms with Crippen LogP contribution in [-0.2, 0) is 17.8 Å². The van der Waals surface area contributed by atoms with Crippen LogP contribution in [0.15, 0.2) is 54.6 Å². The summed E-state index contributed by atoms with van der Waals surface area (Å²) in [5.41, 5.74) is 2.30. The van der Waals surface area contributed by atoms with E-state index in [1.54, 1.807) is 12.0 Å². The minimum Gasteiger partial charge on any atom is -0.497 e. The largest absolute Gasteiger partial charge is 0.497 e. The Bertz CT molecular complexity index is 564. The zero-order chi connectivity index (χ0) is 15.1. The molecular weight excluding hydrogens is 262 g/mol. The number of methoxy groups -OCH3 is 1. The molecule has 0 unspecified atom stereocenters. The quantitative estimate of drug-likeness (QED) is 0.814. The first-order valence-corrected chi connectivity index (χ1v) is 7.10. The number of nitrogens with zero attached hydrogens (tertiary/aromatic N) is 1. The van der Waals surface area contributed by atoms with Crippen LogP contribution in [0.25, 0.3) is 0 Å². The molecule has 0 spiro atoms. The van der Waals surface area contributed by atoms with E-state index < -0.39 is 0 Å². The lowest BCUT2D eigenvalue weighted by Crippen LogP contribution is -2.26. The molecule has 3 heteroatoms. The van der Waals surface area contributed by atoms with Crippen LogP contribution >= 0.6 is 0 Å². The maximum absolute atomic E-state index is 12.1. The van der Waals surface area contributed by atoms with Crippen LogP contribution in [0.3, 0.4) is 0 Å². The minimum atomic E-state index is 0.162. The third-order valence-corrected chi connectivity index (χ3v) is 3.47. The van der Waals surface area contributed by atoms with Gasteiger partial charge in [0.1, 0.15) is 5.75 Å². The van der Waals surface area contributed by atoms with Gasteiger partial charge in [0.05, 0.1) is 7.11 Å². The third-order valence-electron chi connectivity index (χ3n) is 3.47. The Morgan fingerprint density at radius 1 is 1.00 bits per heavy atom. The number of benzene rings is 2. The Morgan fingerprint density at radius 3 is 2.29 bits per heavy atom. The van der Waals surface area contributed by atoms with E-state index in [1.165, 1.54) is 0 Å². The SMILES string of the molecule is COc1ccc(CCC(=O)N(C)Cc2ccccc2)cc1. The molecule has 2 aromatic rings. The van der Waals surface area contributed by atoms with Gasteiger partial charge in [-0.3, -0.25) is 4.79 Å². The molecule has 0 atom stereocenters. The summed E-state index contributed by atoms with van der Waals surface area (Å²) < 4.78 is 5.12. The summed E-state index contributed by atoms with van der Waals surface area (Å²) in [5.74, 6) is 1.00. The van der Waals surface area contributed by atoms with E-state index in [4.69, 9.17) is 4.74 Å². The van der Waals surface area contributed by atoms with Crippen molar-refractivity contribution in [1.29, 1.82) is 0 Å². The highest BCUT2D eigenvalue weighted by molar-refractivity contribution is 5.76. The molecule has 21 heavy (non-hydrogen) atoms. The highest BCUT2D eigenvalue weighted by Gasteiger charge is 2.09. The molecule has 0 heterocycles. The molecule has 3 nitrogen and oxygen atoms in total.